The van der Waals surface area contributed by atoms with Crippen molar-refractivity contribution in [3.63, 3.8) is 0 Å². The summed E-state index contributed by atoms with van der Waals surface area (Å²) in [6.45, 7) is 0.980. The standard InChI is InChI=1S/C9H9Cl2NO/c10-5-3-6(8-1-2-12-8)9(13)7(11)4-5/h3-4,8,12-13H,1-2H2/t8-/m1/s1. The summed E-state index contributed by atoms with van der Waals surface area (Å²) in [5, 5.41) is 13.7. The molecule has 1 aromatic rings. The van der Waals surface area contributed by atoms with Crippen LogP contribution in [0.2, 0.25) is 10.0 Å². The van der Waals surface area contributed by atoms with Gasteiger partial charge >= 0.3 is 0 Å². The molecule has 0 unspecified atom stereocenters. The third kappa shape index (κ3) is 1.62. The molecule has 4 heteroatoms. The molecule has 1 fully saturated rings. The van der Waals surface area contributed by atoms with Crippen LogP contribution in [0.1, 0.15) is 18.0 Å². The number of halogens is 2. The van der Waals surface area contributed by atoms with Crippen molar-refractivity contribution >= 4 is 23.2 Å². The van der Waals surface area contributed by atoms with Crippen LogP contribution in [0.5, 0.6) is 5.75 Å². The Hall–Kier alpha value is -0.440. The Morgan fingerprint density at radius 3 is 2.62 bits per heavy atom. The monoisotopic (exact) mass is 217 g/mol. The van der Waals surface area contributed by atoms with Crippen molar-refractivity contribution in [2.45, 2.75) is 12.5 Å². The van der Waals surface area contributed by atoms with Gasteiger partial charge in [-0.2, -0.15) is 0 Å². The van der Waals surface area contributed by atoms with Crippen LogP contribution in [0.15, 0.2) is 12.1 Å². The van der Waals surface area contributed by atoms with Crippen LogP contribution in [-0.4, -0.2) is 11.7 Å². The molecular weight excluding hydrogens is 209 g/mol. The SMILES string of the molecule is Oc1c(Cl)cc(Cl)cc1[C@H]1CCN1. The second-order valence-electron chi connectivity index (χ2n) is 3.12. The topological polar surface area (TPSA) is 32.3 Å². The van der Waals surface area contributed by atoms with Gasteiger partial charge in [0.2, 0.25) is 0 Å². The highest BCUT2D eigenvalue weighted by atomic mass is 35.5. The normalized spacial score (nSPS) is 21.2. The molecule has 1 heterocycles. The van der Waals surface area contributed by atoms with Crippen LogP contribution >= 0.6 is 23.2 Å². The predicted octanol–water partition coefficient (Wildman–Crippen LogP) is 2.73. The Bertz CT molecular complexity index is 337. The lowest BCUT2D eigenvalue weighted by atomic mass is 9.97. The van der Waals surface area contributed by atoms with E-state index in [4.69, 9.17) is 23.2 Å². The van der Waals surface area contributed by atoms with E-state index in [-0.39, 0.29) is 11.8 Å². The van der Waals surface area contributed by atoms with Crippen LogP contribution in [0, 0.1) is 0 Å². The van der Waals surface area contributed by atoms with Gasteiger partial charge < -0.3 is 10.4 Å². The summed E-state index contributed by atoms with van der Waals surface area (Å²) in [5.74, 6) is 0.142. The van der Waals surface area contributed by atoms with Gasteiger partial charge in [-0.15, -0.1) is 0 Å². The highest BCUT2D eigenvalue weighted by Gasteiger charge is 2.23. The van der Waals surface area contributed by atoms with E-state index in [1.807, 2.05) is 0 Å². The van der Waals surface area contributed by atoms with E-state index in [1.165, 1.54) is 0 Å². The van der Waals surface area contributed by atoms with Gasteiger partial charge in [0.25, 0.3) is 0 Å². The average Bonchev–Trinajstić information content (AvgIpc) is 1.95. The predicted molar refractivity (Wildman–Crippen MR) is 53.5 cm³/mol. The maximum absolute atomic E-state index is 9.63. The number of rotatable bonds is 1. The number of hydrogen-bond acceptors (Lipinski definition) is 2. The highest BCUT2D eigenvalue weighted by molar-refractivity contribution is 6.35. The molecule has 1 aromatic carbocycles. The molecule has 1 saturated heterocycles. The van der Waals surface area contributed by atoms with Gasteiger partial charge in [0, 0.05) is 16.6 Å². The Labute approximate surface area is 86.5 Å². The quantitative estimate of drug-likeness (QED) is 0.759. The summed E-state index contributed by atoms with van der Waals surface area (Å²) in [4.78, 5) is 0. The fraction of sp³-hybridized carbons (Fsp3) is 0.333. The van der Waals surface area contributed by atoms with Gasteiger partial charge in [0.15, 0.2) is 0 Å². The zero-order valence-corrected chi connectivity index (χ0v) is 8.36. The average molecular weight is 218 g/mol. The fourth-order valence-corrected chi connectivity index (χ4v) is 1.91. The first-order valence-electron chi connectivity index (χ1n) is 4.10. The zero-order valence-electron chi connectivity index (χ0n) is 6.85. The Morgan fingerprint density at radius 1 is 1.38 bits per heavy atom. The van der Waals surface area contributed by atoms with Gasteiger partial charge in [-0.05, 0) is 25.1 Å². The number of nitrogens with one attached hydrogen (secondary N) is 1. The molecular formula is C9H9Cl2NO. The van der Waals surface area contributed by atoms with E-state index in [0.717, 1.165) is 18.5 Å². The van der Waals surface area contributed by atoms with E-state index in [0.29, 0.717) is 10.0 Å². The largest absolute Gasteiger partial charge is 0.506 e. The Kier molecular flexibility index (Phi) is 2.37. The summed E-state index contributed by atoms with van der Waals surface area (Å²) in [6, 6.07) is 3.50. The Morgan fingerprint density at radius 2 is 2.08 bits per heavy atom. The van der Waals surface area contributed by atoms with E-state index in [9.17, 15) is 5.11 Å². The van der Waals surface area contributed by atoms with Crippen LogP contribution in [0.4, 0.5) is 0 Å². The van der Waals surface area contributed by atoms with E-state index >= 15 is 0 Å². The summed E-state index contributed by atoms with van der Waals surface area (Å²) in [6.07, 6.45) is 1.02. The van der Waals surface area contributed by atoms with Crippen LogP contribution < -0.4 is 5.32 Å². The summed E-state index contributed by atoms with van der Waals surface area (Å²) in [5.41, 5.74) is 0.795. The minimum Gasteiger partial charge on any atom is -0.506 e. The van der Waals surface area contributed by atoms with Crippen molar-refractivity contribution in [3.8, 4) is 5.75 Å². The maximum atomic E-state index is 9.63. The molecule has 1 aliphatic rings. The number of phenols is 1. The van der Waals surface area contributed by atoms with Crippen molar-refractivity contribution in [2.75, 3.05) is 6.54 Å². The van der Waals surface area contributed by atoms with Crippen LogP contribution in [-0.2, 0) is 0 Å². The van der Waals surface area contributed by atoms with E-state index in [2.05, 4.69) is 5.32 Å². The number of hydrogen-bond donors (Lipinski definition) is 2. The van der Waals surface area contributed by atoms with E-state index in [1.54, 1.807) is 12.1 Å². The molecule has 0 radical (unpaired) electrons. The molecule has 2 N–H and O–H groups in total. The minimum atomic E-state index is 0.142. The highest BCUT2D eigenvalue weighted by Crippen LogP contribution is 2.37. The van der Waals surface area contributed by atoms with Crippen molar-refractivity contribution in [3.05, 3.63) is 27.7 Å². The minimum absolute atomic E-state index is 0.142. The molecule has 0 aromatic heterocycles. The fourth-order valence-electron chi connectivity index (χ4n) is 1.41. The first-order chi connectivity index (χ1) is 6.18. The van der Waals surface area contributed by atoms with Crippen LogP contribution in [0.3, 0.4) is 0 Å². The van der Waals surface area contributed by atoms with Gasteiger partial charge in [0.1, 0.15) is 5.75 Å². The van der Waals surface area contributed by atoms with Gasteiger partial charge in [0.05, 0.1) is 5.02 Å². The molecule has 2 nitrogen and oxygen atoms in total. The number of aromatic hydroxyl groups is 1. The summed E-state index contributed by atoms with van der Waals surface area (Å²) < 4.78 is 0. The molecule has 1 atom stereocenters. The van der Waals surface area contributed by atoms with Crippen LogP contribution in [0.25, 0.3) is 0 Å². The first-order valence-corrected chi connectivity index (χ1v) is 4.85. The molecule has 0 saturated carbocycles. The molecule has 70 valence electrons. The third-order valence-electron chi connectivity index (χ3n) is 2.26. The number of benzene rings is 1. The molecule has 1 aliphatic heterocycles. The molecule has 13 heavy (non-hydrogen) atoms. The Balaban J connectivity index is 2.42. The zero-order chi connectivity index (χ0) is 9.42. The van der Waals surface area contributed by atoms with E-state index < -0.39 is 0 Å². The van der Waals surface area contributed by atoms with Crippen molar-refractivity contribution < 1.29 is 5.11 Å². The second kappa shape index (κ2) is 3.37. The smallest absolute Gasteiger partial charge is 0.139 e. The molecule has 0 spiro atoms. The van der Waals surface area contributed by atoms with Gasteiger partial charge in [-0.25, -0.2) is 0 Å². The molecule has 2 rings (SSSR count). The van der Waals surface area contributed by atoms with Gasteiger partial charge in [-0.1, -0.05) is 23.2 Å². The van der Waals surface area contributed by atoms with Crippen molar-refractivity contribution in [1.29, 1.82) is 0 Å². The molecule has 0 amide bonds. The second-order valence-corrected chi connectivity index (χ2v) is 3.96. The molecule has 0 aliphatic carbocycles. The van der Waals surface area contributed by atoms with Crippen molar-refractivity contribution in [1.82, 2.24) is 5.32 Å². The maximum Gasteiger partial charge on any atom is 0.139 e. The third-order valence-corrected chi connectivity index (χ3v) is 2.76. The summed E-state index contributed by atoms with van der Waals surface area (Å²) in [7, 11) is 0. The number of phenolic OH excluding ortho intramolecular Hbond substituents is 1. The summed E-state index contributed by atoms with van der Waals surface area (Å²) >= 11 is 11.6. The lowest BCUT2D eigenvalue weighted by Gasteiger charge is -2.28. The van der Waals surface area contributed by atoms with Gasteiger partial charge in [-0.3, -0.25) is 0 Å². The first kappa shape index (κ1) is 9.13. The van der Waals surface area contributed by atoms with Crippen molar-refractivity contribution in [2.24, 2.45) is 0 Å². The lowest BCUT2D eigenvalue weighted by Crippen LogP contribution is -2.34. The lowest BCUT2D eigenvalue weighted by molar-refractivity contribution is 0.364. The molecule has 0 bridgehead atoms.